The summed E-state index contributed by atoms with van der Waals surface area (Å²) in [6.45, 7) is 0.248. The maximum atomic E-state index is 13.2. The van der Waals surface area contributed by atoms with Crippen LogP contribution in [0.15, 0.2) is 29.6 Å². The van der Waals surface area contributed by atoms with E-state index in [0.29, 0.717) is 33.3 Å². The van der Waals surface area contributed by atoms with Gasteiger partial charge in [-0.2, -0.15) is 0 Å². The average Bonchev–Trinajstić information content (AvgIpc) is 3.13. The van der Waals surface area contributed by atoms with E-state index in [9.17, 15) is 13.2 Å². The number of sulfone groups is 1. The highest BCUT2D eigenvalue weighted by Crippen LogP contribution is 2.44. The Bertz CT molecular complexity index is 1080. The second kappa shape index (κ2) is 8.24. The van der Waals surface area contributed by atoms with Crippen molar-refractivity contribution < 1.29 is 13.2 Å². The molecule has 1 saturated carbocycles. The Morgan fingerprint density at radius 3 is 2.77 bits per heavy atom. The molecule has 1 aliphatic heterocycles. The number of hydrogen-bond donors (Lipinski definition) is 2. The van der Waals surface area contributed by atoms with Crippen LogP contribution in [0.3, 0.4) is 0 Å². The van der Waals surface area contributed by atoms with Gasteiger partial charge < -0.3 is 11.1 Å². The van der Waals surface area contributed by atoms with Gasteiger partial charge >= 0.3 is 0 Å². The van der Waals surface area contributed by atoms with E-state index < -0.39 is 20.6 Å². The second-order valence-electron chi connectivity index (χ2n) is 7.57. The predicted molar refractivity (Wildman–Crippen MR) is 116 cm³/mol. The zero-order chi connectivity index (χ0) is 21.4. The Morgan fingerprint density at radius 2 is 2.10 bits per heavy atom. The maximum absolute atomic E-state index is 13.2. The van der Waals surface area contributed by atoms with Crippen molar-refractivity contribution in [2.75, 3.05) is 5.75 Å². The van der Waals surface area contributed by atoms with E-state index in [1.54, 1.807) is 18.3 Å². The molecular formula is C19H22ClN5O3S2. The van der Waals surface area contributed by atoms with Crippen LogP contribution in [0.25, 0.3) is 0 Å². The van der Waals surface area contributed by atoms with Gasteiger partial charge in [-0.25, -0.2) is 18.4 Å². The van der Waals surface area contributed by atoms with Crippen molar-refractivity contribution in [1.82, 2.24) is 15.3 Å². The van der Waals surface area contributed by atoms with Gasteiger partial charge in [0.2, 0.25) is 0 Å². The first-order valence-corrected chi connectivity index (χ1v) is 12.6. The number of hydrogen-bond acceptors (Lipinski definition) is 8. The first kappa shape index (κ1) is 21.2. The van der Waals surface area contributed by atoms with Crippen LogP contribution < -0.4 is 11.1 Å². The van der Waals surface area contributed by atoms with Gasteiger partial charge in [0, 0.05) is 11.1 Å². The third-order valence-electron chi connectivity index (χ3n) is 5.71. The topological polar surface area (TPSA) is 127 Å². The van der Waals surface area contributed by atoms with Crippen LogP contribution in [0.2, 0.25) is 5.02 Å². The molecule has 2 aromatic heterocycles. The van der Waals surface area contributed by atoms with E-state index in [1.807, 2.05) is 0 Å². The third-order valence-corrected chi connectivity index (χ3v) is 9.93. The average molecular weight is 468 g/mol. The van der Waals surface area contributed by atoms with Gasteiger partial charge in [-0.15, -0.1) is 11.3 Å². The number of nitrogens with two attached hydrogens (primary N) is 1. The lowest BCUT2D eigenvalue weighted by atomic mass is 9.87. The summed E-state index contributed by atoms with van der Waals surface area (Å²) >= 11 is 7.51. The van der Waals surface area contributed by atoms with Gasteiger partial charge in [-0.1, -0.05) is 30.9 Å². The number of amides is 1. The molecule has 4 rings (SSSR count). The fourth-order valence-corrected chi connectivity index (χ4v) is 7.86. The molecule has 8 nitrogen and oxygen atoms in total. The number of carbonyl (C=O) groups excluding carboxylic acids is 1. The van der Waals surface area contributed by atoms with Crippen LogP contribution in [-0.2, 0) is 16.4 Å². The van der Waals surface area contributed by atoms with Gasteiger partial charge in [-0.05, 0) is 25.0 Å². The molecule has 3 N–H and O–H groups in total. The van der Waals surface area contributed by atoms with Crippen molar-refractivity contribution >= 4 is 44.5 Å². The first-order chi connectivity index (χ1) is 14.3. The smallest absolute Gasteiger partial charge is 0.261 e. The van der Waals surface area contributed by atoms with E-state index in [2.05, 4.69) is 20.3 Å². The quantitative estimate of drug-likeness (QED) is 0.711. The minimum atomic E-state index is -3.49. The van der Waals surface area contributed by atoms with Crippen LogP contribution in [0.4, 0.5) is 0 Å². The normalized spacial score (nSPS) is 22.4. The van der Waals surface area contributed by atoms with Crippen molar-refractivity contribution in [1.29, 1.82) is 0 Å². The lowest BCUT2D eigenvalue weighted by molar-refractivity contribution is 0.0954. The van der Waals surface area contributed by atoms with Gasteiger partial charge in [0.25, 0.3) is 5.91 Å². The minimum Gasteiger partial charge on any atom is -0.386 e. The Kier molecular flexibility index (Phi) is 5.82. The molecule has 1 unspecified atom stereocenters. The SMILES string of the molecule is NC1=NC(c2sc(C(=O)NCc3ccncn3)cc2Cl)CS(=O)(=O)C12CCCCC2. The predicted octanol–water partition coefficient (Wildman–Crippen LogP) is 2.65. The molecule has 0 radical (unpaired) electrons. The van der Waals surface area contributed by atoms with Crippen molar-refractivity contribution in [2.45, 2.75) is 49.4 Å². The summed E-state index contributed by atoms with van der Waals surface area (Å²) in [4.78, 5) is 25.9. The Balaban J connectivity index is 1.55. The number of thiophene rings is 1. The largest absolute Gasteiger partial charge is 0.386 e. The maximum Gasteiger partial charge on any atom is 0.261 e. The molecule has 30 heavy (non-hydrogen) atoms. The fraction of sp³-hybridized carbons (Fsp3) is 0.474. The number of rotatable bonds is 4. The summed E-state index contributed by atoms with van der Waals surface area (Å²) in [5.74, 6) is -0.278. The van der Waals surface area contributed by atoms with Crippen molar-refractivity contribution in [3.63, 3.8) is 0 Å². The highest BCUT2D eigenvalue weighted by atomic mass is 35.5. The fourth-order valence-electron chi connectivity index (χ4n) is 4.08. The molecule has 3 heterocycles. The summed E-state index contributed by atoms with van der Waals surface area (Å²) in [6, 6.07) is 2.56. The number of amidine groups is 1. The van der Waals surface area contributed by atoms with Crippen molar-refractivity contribution in [3.8, 4) is 0 Å². The number of carbonyl (C=O) groups is 1. The molecule has 0 saturated heterocycles. The minimum absolute atomic E-state index is 0.143. The summed E-state index contributed by atoms with van der Waals surface area (Å²) in [7, 11) is -3.49. The molecular weight excluding hydrogens is 446 g/mol. The Labute approximate surface area is 183 Å². The molecule has 1 fully saturated rings. The molecule has 1 amide bonds. The van der Waals surface area contributed by atoms with E-state index in [4.69, 9.17) is 17.3 Å². The number of aliphatic imine (C=N–C) groups is 1. The molecule has 1 aliphatic carbocycles. The van der Waals surface area contributed by atoms with Gasteiger partial charge in [0.1, 0.15) is 23.0 Å². The molecule has 1 atom stereocenters. The van der Waals surface area contributed by atoms with E-state index >= 15 is 0 Å². The molecule has 0 aromatic carbocycles. The molecule has 1 spiro atoms. The summed E-state index contributed by atoms with van der Waals surface area (Å²) in [5, 5.41) is 3.10. The number of nitrogens with one attached hydrogen (secondary N) is 1. The van der Waals surface area contributed by atoms with Crippen LogP contribution in [0.5, 0.6) is 0 Å². The molecule has 2 aliphatic rings. The van der Waals surface area contributed by atoms with Gasteiger partial charge in [-0.3, -0.25) is 9.79 Å². The third kappa shape index (κ3) is 3.83. The standard InChI is InChI=1S/C19H22ClN5O3S2/c20-13-8-15(17(26)23-9-12-4-7-22-11-24-12)29-16(13)14-10-30(27,28)19(18(21)25-14)5-2-1-3-6-19/h4,7-8,11,14H,1-3,5-6,9-10H2,(H2,21,25)(H,23,26). The van der Waals surface area contributed by atoms with E-state index in [1.165, 1.54) is 6.33 Å². The highest BCUT2D eigenvalue weighted by molar-refractivity contribution is 7.93. The lowest BCUT2D eigenvalue weighted by Gasteiger charge is -2.40. The van der Waals surface area contributed by atoms with Crippen LogP contribution in [0, 0.1) is 0 Å². The first-order valence-electron chi connectivity index (χ1n) is 9.71. The molecule has 11 heteroatoms. The van der Waals surface area contributed by atoms with Gasteiger partial charge in [0.05, 0.1) is 27.9 Å². The number of aromatic nitrogens is 2. The molecule has 160 valence electrons. The van der Waals surface area contributed by atoms with E-state index in [0.717, 1.165) is 30.6 Å². The zero-order valence-corrected chi connectivity index (χ0v) is 18.6. The summed E-state index contributed by atoms with van der Waals surface area (Å²) in [6.07, 6.45) is 6.72. The zero-order valence-electron chi connectivity index (χ0n) is 16.2. The van der Waals surface area contributed by atoms with Crippen LogP contribution >= 0.6 is 22.9 Å². The summed E-state index contributed by atoms with van der Waals surface area (Å²) in [5.41, 5.74) is 6.89. The Morgan fingerprint density at radius 1 is 1.33 bits per heavy atom. The van der Waals surface area contributed by atoms with Crippen LogP contribution in [-0.4, -0.2) is 40.6 Å². The Hall–Kier alpha value is -2.04. The molecule has 0 bridgehead atoms. The van der Waals surface area contributed by atoms with Gasteiger partial charge in [0.15, 0.2) is 9.84 Å². The highest BCUT2D eigenvalue weighted by Gasteiger charge is 2.51. The summed E-state index contributed by atoms with van der Waals surface area (Å²) < 4.78 is 25.3. The van der Waals surface area contributed by atoms with E-state index in [-0.39, 0.29) is 24.0 Å². The molecule has 2 aromatic rings. The van der Waals surface area contributed by atoms with Crippen LogP contribution in [0.1, 0.15) is 58.4 Å². The monoisotopic (exact) mass is 467 g/mol. The lowest BCUT2D eigenvalue weighted by Crippen LogP contribution is -2.55. The van der Waals surface area contributed by atoms with Crippen molar-refractivity contribution in [2.24, 2.45) is 10.7 Å². The number of nitrogens with zero attached hydrogens (tertiary/aromatic N) is 3. The second-order valence-corrected chi connectivity index (χ2v) is 11.4. The van der Waals surface area contributed by atoms with Crippen molar-refractivity contribution in [3.05, 3.63) is 45.1 Å². The number of halogens is 1.